The van der Waals surface area contributed by atoms with Crippen LogP contribution in [0.5, 0.6) is 0 Å². The molecule has 108 valence electrons. The molecule has 20 heavy (non-hydrogen) atoms. The molecule has 4 heteroatoms. The third kappa shape index (κ3) is 2.18. The number of methoxy groups -OCH3 is 1. The molecule has 1 saturated carbocycles. The Bertz CT molecular complexity index is 518. The maximum Gasteiger partial charge on any atom is 0.196 e. The molecule has 0 unspecified atom stereocenters. The van der Waals surface area contributed by atoms with Crippen molar-refractivity contribution in [3.05, 3.63) is 29.8 Å². The molecule has 1 aliphatic carbocycles. The zero-order valence-electron chi connectivity index (χ0n) is 12.3. The highest BCUT2D eigenvalue weighted by molar-refractivity contribution is 5.98. The van der Waals surface area contributed by atoms with Gasteiger partial charge in [0.15, 0.2) is 5.96 Å². The van der Waals surface area contributed by atoms with Crippen molar-refractivity contribution in [2.45, 2.75) is 44.2 Å². The maximum atomic E-state index is 6.18. The van der Waals surface area contributed by atoms with E-state index < -0.39 is 0 Å². The summed E-state index contributed by atoms with van der Waals surface area (Å²) in [5.74, 6) is 0.659. The number of guanidine groups is 1. The summed E-state index contributed by atoms with van der Waals surface area (Å²) in [4.78, 5) is 6.79. The van der Waals surface area contributed by atoms with Crippen LogP contribution in [0.1, 0.15) is 31.2 Å². The van der Waals surface area contributed by atoms with Crippen LogP contribution in [0, 0.1) is 6.92 Å². The number of hydrogen-bond donors (Lipinski definition) is 1. The number of aliphatic imine (C=N–C) groups is 1. The highest BCUT2D eigenvalue weighted by atomic mass is 16.5. The van der Waals surface area contributed by atoms with Crippen molar-refractivity contribution in [3.63, 3.8) is 0 Å². The second-order valence-electron chi connectivity index (χ2n) is 6.01. The van der Waals surface area contributed by atoms with Gasteiger partial charge in [0.25, 0.3) is 0 Å². The van der Waals surface area contributed by atoms with Crippen molar-refractivity contribution < 1.29 is 4.74 Å². The lowest BCUT2D eigenvalue weighted by Crippen LogP contribution is -2.54. The average Bonchev–Trinajstić information content (AvgIpc) is 2.77. The highest BCUT2D eigenvalue weighted by Crippen LogP contribution is 2.40. The minimum absolute atomic E-state index is 0.0624. The van der Waals surface area contributed by atoms with Gasteiger partial charge in [0, 0.05) is 12.8 Å². The van der Waals surface area contributed by atoms with Crippen molar-refractivity contribution in [1.82, 2.24) is 0 Å². The van der Waals surface area contributed by atoms with Gasteiger partial charge in [-0.2, -0.15) is 0 Å². The van der Waals surface area contributed by atoms with Gasteiger partial charge in [-0.15, -0.1) is 0 Å². The van der Waals surface area contributed by atoms with E-state index in [0.717, 1.165) is 32.2 Å². The quantitative estimate of drug-likeness (QED) is 0.900. The van der Waals surface area contributed by atoms with Crippen LogP contribution < -0.4 is 10.6 Å². The molecular formula is C16H23N3O. The number of anilines is 1. The SMILES string of the molecule is COC1CCC2(CC1)CN=C(N)N2c1cccc(C)c1. The van der Waals surface area contributed by atoms with E-state index in [1.165, 1.54) is 11.3 Å². The number of rotatable bonds is 2. The van der Waals surface area contributed by atoms with Crippen LogP contribution in [0.25, 0.3) is 0 Å². The monoisotopic (exact) mass is 273 g/mol. The van der Waals surface area contributed by atoms with Gasteiger partial charge in [0.1, 0.15) is 0 Å². The molecular weight excluding hydrogens is 250 g/mol. The number of nitrogens with two attached hydrogens (primary N) is 1. The third-order valence-corrected chi connectivity index (χ3v) is 4.70. The summed E-state index contributed by atoms with van der Waals surface area (Å²) in [7, 11) is 1.81. The predicted molar refractivity (Wildman–Crippen MR) is 82.1 cm³/mol. The Morgan fingerprint density at radius 1 is 1.35 bits per heavy atom. The molecule has 1 aromatic rings. The first-order chi connectivity index (χ1) is 9.64. The molecule has 2 N–H and O–H groups in total. The predicted octanol–water partition coefficient (Wildman–Crippen LogP) is 2.46. The van der Waals surface area contributed by atoms with Crippen LogP contribution in [0.15, 0.2) is 29.3 Å². The standard InChI is InChI=1S/C16H23N3O/c1-12-4-3-5-13(10-12)19-15(17)18-11-16(19)8-6-14(20-2)7-9-16/h3-5,10,14H,6-9,11H2,1-2H3,(H2,17,18). The second-order valence-corrected chi connectivity index (χ2v) is 6.01. The topological polar surface area (TPSA) is 50.9 Å². The summed E-state index contributed by atoms with van der Waals surface area (Å²) < 4.78 is 5.49. The maximum absolute atomic E-state index is 6.18. The first kappa shape index (κ1) is 13.4. The van der Waals surface area contributed by atoms with Crippen molar-refractivity contribution in [1.29, 1.82) is 0 Å². The summed E-state index contributed by atoms with van der Waals surface area (Å²) >= 11 is 0. The Hall–Kier alpha value is -1.55. The number of benzene rings is 1. The third-order valence-electron chi connectivity index (χ3n) is 4.70. The summed E-state index contributed by atoms with van der Waals surface area (Å²) in [5, 5.41) is 0. The molecule has 0 atom stereocenters. The van der Waals surface area contributed by atoms with Crippen LogP contribution >= 0.6 is 0 Å². The van der Waals surface area contributed by atoms with Crippen LogP contribution in [0.4, 0.5) is 5.69 Å². The minimum atomic E-state index is 0.0624. The molecule has 1 aliphatic heterocycles. The van der Waals surface area contributed by atoms with Crippen molar-refractivity contribution in [3.8, 4) is 0 Å². The van der Waals surface area contributed by atoms with Gasteiger partial charge in [0.2, 0.25) is 0 Å². The van der Waals surface area contributed by atoms with Gasteiger partial charge in [0.05, 0.1) is 18.2 Å². The molecule has 1 fully saturated rings. The molecule has 0 radical (unpaired) electrons. The van der Waals surface area contributed by atoms with E-state index in [0.29, 0.717) is 12.1 Å². The van der Waals surface area contributed by atoms with E-state index in [-0.39, 0.29) is 5.54 Å². The molecule has 1 heterocycles. The van der Waals surface area contributed by atoms with Gasteiger partial charge in [-0.05, 0) is 50.3 Å². The molecule has 0 aromatic heterocycles. The molecule has 0 bridgehead atoms. The van der Waals surface area contributed by atoms with E-state index in [1.54, 1.807) is 7.11 Å². The number of ether oxygens (including phenoxy) is 1. The Labute approximate surface area is 120 Å². The molecule has 3 rings (SSSR count). The fourth-order valence-corrected chi connectivity index (χ4v) is 3.53. The summed E-state index contributed by atoms with van der Waals surface area (Å²) in [5.41, 5.74) is 8.66. The van der Waals surface area contributed by atoms with Crippen LogP contribution in [-0.2, 0) is 4.74 Å². The lowest BCUT2D eigenvalue weighted by Gasteiger charge is -2.43. The van der Waals surface area contributed by atoms with E-state index >= 15 is 0 Å². The summed E-state index contributed by atoms with van der Waals surface area (Å²) in [6.07, 6.45) is 4.73. The van der Waals surface area contributed by atoms with Crippen LogP contribution in [0.3, 0.4) is 0 Å². The Morgan fingerprint density at radius 3 is 2.75 bits per heavy atom. The van der Waals surface area contributed by atoms with E-state index in [1.807, 2.05) is 0 Å². The number of aryl methyl sites for hydroxylation is 1. The van der Waals surface area contributed by atoms with E-state index in [9.17, 15) is 0 Å². The van der Waals surface area contributed by atoms with Gasteiger partial charge in [-0.3, -0.25) is 4.99 Å². The molecule has 1 aromatic carbocycles. The van der Waals surface area contributed by atoms with Crippen LogP contribution in [-0.4, -0.2) is 31.3 Å². The zero-order chi connectivity index (χ0) is 14.2. The zero-order valence-corrected chi connectivity index (χ0v) is 12.3. The van der Waals surface area contributed by atoms with Gasteiger partial charge in [-0.25, -0.2) is 0 Å². The Kier molecular flexibility index (Phi) is 3.42. The molecule has 0 amide bonds. The molecule has 2 aliphatic rings. The lowest BCUT2D eigenvalue weighted by atomic mass is 9.79. The molecule has 1 spiro atoms. The molecule has 4 nitrogen and oxygen atoms in total. The summed E-state index contributed by atoms with van der Waals surface area (Å²) in [6.45, 7) is 2.92. The first-order valence-electron chi connectivity index (χ1n) is 7.34. The van der Waals surface area contributed by atoms with Gasteiger partial charge in [-0.1, -0.05) is 12.1 Å². The van der Waals surface area contributed by atoms with Gasteiger partial charge >= 0.3 is 0 Å². The highest BCUT2D eigenvalue weighted by Gasteiger charge is 2.45. The molecule has 0 saturated heterocycles. The largest absolute Gasteiger partial charge is 0.381 e. The van der Waals surface area contributed by atoms with E-state index in [4.69, 9.17) is 10.5 Å². The van der Waals surface area contributed by atoms with Crippen LogP contribution in [0.2, 0.25) is 0 Å². The first-order valence-corrected chi connectivity index (χ1v) is 7.34. The average molecular weight is 273 g/mol. The van der Waals surface area contributed by atoms with Crippen molar-refractivity contribution >= 4 is 11.6 Å². The minimum Gasteiger partial charge on any atom is -0.381 e. The second kappa shape index (κ2) is 5.09. The van der Waals surface area contributed by atoms with Gasteiger partial charge < -0.3 is 15.4 Å². The fourth-order valence-electron chi connectivity index (χ4n) is 3.53. The van der Waals surface area contributed by atoms with E-state index in [2.05, 4.69) is 41.1 Å². The number of hydrogen-bond acceptors (Lipinski definition) is 4. The van der Waals surface area contributed by atoms with Crippen molar-refractivity contribution in [2.75, 3.05) is 18.6 Å². The lowest BCUT2D eigenvalue weighted by molar-refractivity contribution is 0.0532. The smallest absolute Gasteiger partial charge is 0.196 e. The Morgan fingerprint density at radius 2 is 2.10 bits per heavy atom. The normalized spacial score (nSPS) is 29.8. The Balaban J connectivity index is 1.89. The summed E-state index contributed by atoms with van der Waals surface area (Å²) in [6, 6.07) is 8.52. The van der Waals surface area contributed by atoms with Crippen molar-refractivity contribution in [2.24, 2.45) is 10.7 Å². The number of nitrogens with zero attached hydrogens (tertiary/aromatic N) is 2. The fraction of sp³-hybridized carbons (Fsp3) is 0.562.